The van der Waals surface area contributed by atoms with Crippen LogP contribution in [0.1, 0.15) is 43.0 Å². The van der Waals surface area contributed by atoms with Crippen molar-refractivity contribution in [2.24, 2.45) is 0 Å². The standard InChI is InChI=1S/C16H21N3O4/c1-2-4-13(15(21)22)19-14(20)10-5-3-6-12(9-10)18-16(23)17-11-7-8-11/h3,5-6,9,11,13H,2,4,7-8H2,1H3,(H,19,20)(H,21,22)(H2,17,18,23). The van der Waals surface area contributed by atoms with Crippen LogP contribution in [0.3, 0.4) is 0 Å². The lowest BCUT2D eigenvalue weighted by Crippen LogP contribution is -2.40. The zero-order chi connectivity index (χ0) is 16.8. The van der Waals surface area contributed by atoms with Crippen molar-refractivity contribution < 1.29 is 19.5 Å². The molecule has 124 valence electrons. The number of rotatable bonds is 7. The number of carbonyl (C=O) groups is 3. The molecule has 1 aromatic rings. The van der Waals surface area contributed by atoms with E-state index in [1.54, 1.807) is 18.2 Å². The summed E-state index contributed by atoms with van der Waals surface area (Å²) in [4.78, 5) is 35.0. The minimum Gasteiger partial charge on any atom is -0.480 e. The molecule has 0 aromatic heterocycles. The van der Waals surface area contributed by atoms with E-state index in [1.807, 2.05) is 6.92 Å². The number of hydrogen-bond donors (Lipinski definition) is 4. The molecule has 1 aliphatic rings. The molecule has 7 nitrogen and oxygen atoms in total. The number of nitrogens with one attached hydrogen (secondary N) is 3. The number of urea groups is 1. The highest BCUT2D eigenvalue weighted by Gasteiger charge is 2.23. The molecule has 1 atom stereocenters. The fourth-order valence-corrected chi connectivity index (χ4v) is 2.11. The number of anilines is 1. The fraction of sp³-hybridized carbons (Fsp3) is 0.438. The van der Waals surface area contributed by atoms with Crippen LogP contribution in [0.15, 0.2) is 24.3 Å². The second-order valence-electron chi connectivity index (χ2n) is 5.61. The molecule has 1 unspecified atom stereocenters. The minimum absolute atomic E-state index is 0.242. The normalized spacial score (nSPS) is 14.7. The van der Waals surface area contributed by atoms with Crippen LogP contribution in [0.2, 0.25) is 0 Å². The Kier molecular flexibility index (Phi) is 5.56. The molecule has 0 bridgehead atoms. The molecular weight excluding hydrogens is 298 g/mol. The number of amides is 3. The molecule has 1 fully saturated rings. The third-order valence-corrected chi connectivity index (χ3v) is 3.48. The summed E-state index contributed by atoms with van der Waals surface area (Å²) in [6.07, 6.45) is 3.00. The second-order valence-corrected chi connectivity index (χ2v) is 5.61. The fourth-order valence-electron chi connectivity index (χ4n) is 2.11. The third-order valence-electron chi connectivity index (χ3n) is 3.48. The summed E-state index contributed by atoms with van der Waals surface area (Å²) in [6.45, 7) is 1.85. The smallest absolute Gasteiger partial charge is 0.326 e. The largest absolute Gasteiger partial charge is 0.480 e. The SMILES string of the molecule is CCCC(NC(=O)c1cccc(NC(=O)NC2CC2)c1)C(=O)O. The van der Waals surface area contributed by atoms with E-state index in [0.717, 1.165) is 12.8 Å². The number of carboxylic acid groups (broad SMARTS) is 1. The van der Waals surface area contributed by atoms with Crippen LogP contribution in [0.5, 0.6) is 0 Å². The van der Waals surface area contributed by atoms with Gasteiger partial charge in [-0.25, -0.2) is 9.59 Å². The van der Waals surface area contributed by atoms with E-state index in [1.165, 1.54) is 6.07 Å². The molecule has 0 heterocycles. The third kappa shape index (κ3) is 5.28. The van der Waals surface area contributed by atoms with Gasteiger partial charge < -0.3 is 21.1 Å². The van der Waals surface area contributed by atoms with E-state index in [0.29, 0.717) is 24.1 Å². The van der Waals surface area contributed by atoms with Crippen molar-refractivity contribution in [3.05, 3.63) is 29.8 Å². The molecule has 3 amide bonds. The maximum atomic E-state index is 12.2. The molecule has 2 rings (SSSR count). The second kappa shape index (κ2) is 7.62. The van der Waals surface area contributed by atoms with Crippen molar-refractivity contribution in [2.75, 3.05) is 5.32 Å². The monoisotopic (exact) mass is 319 g/mol. The maximum Gasteiger partial charge on any atom is 0.326 e. The quantitative estimate of drug-likeness (QED) is 0.616. The summed E-state index contributed by atoms with van der Waals surface area (Å²) in [5.74, 6) is -1.53. The summed E-state index contributed by atoms with van der Waals surface area (Å²) < 4.78 is 0. The molecule has 0 spiro atoms. The molecule has 0 radical (unpaired) electrons. The van der Waals surface area contributed by atoms with Gasteiger partial charge in [0.15, 0.2) is 0 Å². The summed E-state index contributed by atoms with van der Waals surface area (Å²) >= 11 is 0. The van der Waals surface area contributed by atoms with Gasteiger partial charge in [0.05, 0.1) is 0 Å². The Bertz CT molecular complexity index is 599. The molecule has 7 heteroatoms. The van der Waals surface area contributed by atoms with Crippen molar-refractivity contribution in [3.63, 3.8) is 0 Å². The van der Waals surface area contributed by atoms with Crippen LogP contribution in [0.4, 0.5) is 10.5 Å². The summed E-state index contributed by atoms with van der Waals surface area (Å²) in [5, 5.41) is 17.0. The predicted octanol–water partition coefficient (Wildman–Crippen LogP) is 1.95. The molecular formula is C16H21N3O4. The van der Waals surface area contributed by atoms with Gasteiger partial charge in [-0.05, 0) is 37.5 Å². The Morgan fingerprint density at radius 3 is 2.65 bits per heavy atom. The van der Waals surface area contributed by atoms with Crippen LogP contribution < -0.4 is 16.0 Å². The van der Waals surface area contributed by atoms with E-state index in [-0.39, 0.29) is 12.1 Å². The Morgan fingerprint density at radius 2 is 2.04 bits per heavy atom. The lowest BCUT2D eigenvalue weighted by Gasteiger charge is -2.14. The van der Waals surface area contributed by atoms with Crippen molar-refractivity contribution in [1.29, 1.82) is 0 Å². The maximum absolute atomic E-state index is 12.2. The number of hydrogen-bond acceptors (Lipinski definition) is 3. The van der Waals surface area contributed by atoms with Crippen LogP contribution in [0, 0.1) is 0 Å². The molecule has 1 aromatic carbocycles. The first-order valence-electron chi connectivity index (χ1n) is 7.71. The van der Waals surface area contributed by atoms with Crippen LogP contribution in [-0.4, -0.2) is 35.1 Å². The number of carbonyl (C=O) groups excluding carboxylic acids is 2. The lowest BCUT2D eigenvalue weighted by molar-refractivity contribution is -0.139. The Balaban J connectivity index is 1.98. The molecule has 4 N–H and O–H groups in total. The van der Waals surface area contributed by atoms with Gasteiger partial charge >= 0.3 is 12.0 Å². The Hall–Kier alpha value is -2.57. The summed E-state index contributed by atoms with van der Waals surface area (Å²) in [6, 6.07) is 5.42. The zero-order valence-corrected chi connectivity index (χ0v) is 13.0. The van der Waals surface area contributed by atoms with E-state index >= 15 is 0 Å². The molecule has 0 aliphatic heterocycles. The first-order valence-corrected chi connectivity index (χ1v) is 7.71. The van der Waals surface area contributed by atoms with Gasteiger partial charge in [-0.1, -0.05) is 19.4 Å². The van der Waals surface area contributed by atoms with E-state index in [9.17, 15) is 14.4 Å². The van der Waals surface area contributed by atoms with Crippen molar-refractivity contribution >= 4 is 23.6 Å². The van der Waals surface area contributed by atoms with Crippen LogP contribution in [0.25, 0.3) is 0 Å². The average molecular weight is 319 g/mol. The Labute approximate surface area is 134 Å². The average Bonchev–Trinajstić information content (AvgIpc) is 3.30. The number of aliphatic carboxylic acids is 1. The van der Waals surface area contributed by atoms with Gasteiger partial charge in [-0.2, -0.15) is 0 Å². The van der Waals surface area contributed by atoms with Gasteiger partial charge in [-0.15, -0.1) is 0 Å². The van der Waals surface area contributed by atoms with E-state index in [2.05, 4.69) is 16.0 Å². The summed E-state index contributed by atoms with van der Waals surface area (Å²) in [5.41, 5.74) is 0.787. The topological polar surface area (TPSA) is 108 Å². The van der Waals surface area contributed by atoms with Gasteiger partial charge in [0.2, 0.25) is 0 Å². The van der Waals surface area contributed by atoms with Gasteiger partial charge in [0.25, 0.3) is 5.91 Å². The van der Waals surface area contributed by atoms with Crippen molar-refractivity contribution in [3.8, 4) is 0 Å². The molecule has 0 saturated heterocycles. The highest BCUT2D eigenvalue weighted by Crippen LogP contribution is 2.19. The molecule has 23 heavy (non-hydrogen) atoms. The van der Waals surface area contributed by atoms with Gasteiger partial charge in [0, 0.05) is 17.3 Å². The van der Waals surface area contributed by atoms with Crippen molar-refractivity contribution in [2.45, 2.75) is 44.7 Å². The summed E-state index contributed by atoms with van der Waals surface area (Å²) in [7, 11) is 0. The number of carboxylic acids is 1. The van der Waals surface area contributed by atoms with E-state index < -0.39 is 17.9 Å². The van der Waals surface area contributed by atoms with E-state index in [4.69, 9.17) is 5.11 Å². The van der Waals surface area contributed by atoms with Gasteiger partial charge in [0.1, 0.15) is 6.04 Å². The predicted molar refractivity (Wildman–Crippen MR) is 85.4 cm³/mol. The zero-order valence-electron chi connectivity index (χ0n) is 13.0. The van der Waals surface area contributed by atoms with Crippen LogP contribution in [-0.2, 0) is 4.79 Å². The van der Waals surface area contributed by atoms with Crippen LogP contribution >= 0.6 is 0 Å². The van der Waals surface area contributed by atoms with Crippen molar-refractivity contribution in [1.82, 2.24) is 10.6 Å². The minimum atomic E-state index is -1.06. The first-order chi connectivity index (χ1) is 11.0. The Morgan fingerprint density at radius 1 is 1.30 bits per heavy atom. The highest BCUT2D eigenvalue weighted by molar-refractivity contribution is 5.98. The lowest BCUT2D eigenvalue weighted by atomic mass is 10.1. The highest BCUT2D eigenvalue weighted by atomic mass is 16.4. The number of benzene rings is 1. The molecule has 1 saturated carbocycles. The molecule has 1 aliphatic carbocycles. The first kappa shape index (κ1) is 16.8. The van der Waals surface area contributed by atoms with Gasteiger partial charge in [-0.3, -0.25) is 4.79 Å².